The first-order chi connectivity index (χ1) is 13.5. The van der Waals surface area contributed by atoms with Gasteiger partial charge in [-0.3, -0.25) is 0 Å². The molecule has 28 heavy (non-hydrogen) atoms. The molecule has 7 heteroatoms. The molecule has 0 amide bonds. The molecule has 0 aliphatic carbocycles. The summed E-state index contributed by atoms with van der Waals surface area (Å²) in [6.45, 7) is 0.748. The van der Waals surface area contributed by atoms with Crippen LogP contribution in [-0.4, -0.2) is 7.11 Å². The first-order valence-corrected chi connectivity index (χ1v) is 9.94. The van der Waals surface area contributed by atoms with Crippen molar-refractivity contribution in [3.05, 3.63) is 86.1 Å². The van der Waals surface area contributed by atoms with Crippen molar-refractivity contribution in [2.45, 2.75) is 13.2 Å². The van der Waals surface area contributed by atoms with E-state index >= 15 is 0 Å². The number of halogens is 4. The minimum atomic E-state index is -0.268. The predicted molar refractivity (Wildman–Crippen MR) is 115 cm³/mol. The highest BCUT2D eigenvalue weighted by Gasteiger charge is 2.14. The molecule has 1 N–H and O–H groups in total. The molecular weight excluding hydrogens is 468 g/mol. The van der Waals surface area contributed by atoms with Gasteiger partial charge in [-0.25, -0.2) is 4.39 Å². The van der Waals surface area contributed by atoms with E-state index in [2.05, 4.69) is 21.2 Å². The van der Waals surface area contributed by atoms with E-state index in [1.54, 1.807) is 37.4 Å². The first kappa shape index (κ1) is 20.8. The van der Waals surface area contributed by atoms with E-state index in [1.807, 2.05) is 12.1 Å². The topological polar surface area (TPSA) is 30.5 Å². The Hall–Kier alpha value is -1.95. The quantitative estimate of drug-likeness (QED) is 0.388. The van der Waals surface area contributed by atoms with Crippen LogP contribution in [0, 0.1) is 5.82 Å². The number of benzene rings is 3. The largest absolute Gasteiger partial charge is 0.493 e. The fraction of sp³-hybridized carbons (Fsp3) is 0.143. The standard InChI is InChI=1S/C21H17BrCl2FNO2/c1-27-20-10-13(11-26-15-7-5-14(25)6-8-15)9-17(22)21(20)28-12-16-18(23)3-2-4-19(16)24/h2-10,26H,11-12H2,1H3. The van der Waals surface area contributed by atoms with Crippen LogP contribution < -0.4 is 14.8 Å². The van der Waals surface area contributed by atoms with Crippen molar-refractivity contribution < 1.29 is 13.9 Å². The van der Waals surface area contributed by atoms with Crippen molar-refractivity contribution >= 4 is 44.8 Å². The monoisotopic (exact) mass is 483 g/mol. The minimum Gasteiger partial charge on any atom is -0.493 e. The lowest BCUT2D eigenvalue weighted by atomic mass is 10.2. The number of hydrogen-bond acceptors (Lipinski definition) is 3. The maximum Gasteiger partial charge on any atom is 0.175 e. The molecule has 0 aromatic heterocycles. The highest BCUT2D eigenvalue weighted by atomic mass is 79.9. The number of hydrogen-bond donors (Lipinski definition) is 1. The Labute approximate surface area is 181 Å². The van der Waals surface area contributed by atoms with E-state index in [0.717, 1.165) is 15.7 Å². The average Bonchev–Trinajstić information content (AvgIpc) is 2.68. The van der Waals surface area contributed by atoms with Crippen molar-refractivity contribution in [3.63, 3.8) is 0 Å². The van der Waals surface area contributed by atoms with Crippen LogP contribution in [0.1, 0.15) is 11.1 Å². The molecule has 0 bridgehead atoms. The Morgan fingerprint density at radius 1 is 1.04 bits per heavy atom. The summed E-state index contributed by atoms with van der Waals surface area (Å²) >= 11 is 15.9. The zero-order valence-electron chi connectivity index (χ0n) is 14.9. The van der Waals surface area contributed by atoms with E-state index < -0.39 is 0 Å². The molecule has 3 rings (SSSR count). The van der Waals surface area contributed by atoms with E-state index in [4.69, 9.17) is 32.7 Å². The molecule has 0 atom stereocenters. The lowest BCUT2D eigenvalue weighted by molar-refractivity contribution is 0.282. The molecule has 0 fully saturated rings. The van der Waals surface area contributed by atoms with Gasteiger partial charge in [0.15, 0.2) is 11.5 Å². The maximum atomic E-state index is 13.0. The molecule has 0 aliphatic heterocycles. The molecule has 0 spiro atoms. The molecule has 0 saturated heterocycles. The number of anilines is 1. The normalized spacial score (nSPS) is 10.6. The summed E-state index contributed by atoms with van der Waals surface area (Å²) in [7, 11) is 1.58. The molecular formula is C21H17BrCl2FNO2. The van der Waals surface area contributed by atoms with Gasteiger partial charge in [-0.15, -0.1) is 0 Å². The Kier molecular flexibility index (Phi) is 7.05. The van der Waals surface area contributed by atoms with E-state index in [-0.39, 0.29) is 12.4 Å². The summed E-state index contributed by atoms with van der Waals surface area (Å²) in [6, 6.07) is 15.3. The fourth-order valence-corrected chi connectivity index (χ4v) is 3.71. The van der Waals surface area contributed by atoms with E-state index in [0.29, 0.717) is 33.7 Å². The summed E-state index contributed by atoms with van der Waals surface area (Å²) in [4.78, 5) is 0. The lowest BCUT2D eigenvalue weighted by Crippen LogP contribution is -2.03. The third-order valence-corrected chi connectivity index (χ3v) is 5.35. The third kappa shape index (κ3) is 5.10. The zero-order valence-corrected chi connectivity index (χ0v) is 18.0. The molecule has 0 aliphatic rings. The Morgan fingerprint density at radius 3 is 2.36 bits per heavy atom. The Balaban J connectivity index is 1.74. The Morgan fingerprint density at radius 2 is 1.71 bits per heavy atom. The summed E-state index contributed by atoms with van der Waals surface area (Å²) < 4.78 is 25.2. The molecule has 3 aromatic carbocycles. The van der Waals surface area contributed by atoms with Crippen LogP contribution >= 0.6 is 39.1 Å². The van der Waals surface area contributed by atoms with Crippen molar-refractivity contribution in [3.8, 4) is 11.5 Å². The second-order valence-corrected chi connectivity index (χ2v) is 7.63. The third-order valence-electron chi connectivity index (χ3n) is 4.05. The van der Waals surface area contributed by atoms with Gasteiger partial charge in [-0.1, -0.05) is 29.3 Å². The van der Waals surface area contributed by atoms with Crippen molar-refractivity contribution in [2.24, 2.45) is 0 Å². The van der Waals surface area contributed by atoms with Crippen molar-refractivity contribution in [1.82, 2.24) is 0 Å². The van der Waals surface area contributed by atoms with Gasteiger partial charge in [0.2, 0.25) is 0 Å². The van der Waals surface area contributed by atoms with Crippen LogP contribution in [0.5, 0.6) is 11.5 Å². The summed E-state index contributed by atoms with van der Waals surface area (Å²) in [5, 5.41) is 4.33. The second-order valence-electron chi connectivity index (χ2n) is 5.96. The van der Waals surface area contributed by atoms with Gasteiger partial charge in [-0.05, 0) is 70.0 Å². The molecule has 0 unspecified atom stereocenters. The van der Waals surface area contributed by atoms with Crippen molar-refractivity contribution in [2.75, 3.05) is 12.4 Å². The van der Waals surface area contributed by atoms with E-state index in [1.165, 1.54) is 12.1 Å². The second kappa shape index (κ2) is 9.50. The number of ether oxygens (including phenoxy) is 2. The minimum absolute atomic E-state index is 0.209. The van der Waals surface area contributed by atoms with Crippen LogP contribution in [0.15, 0.2) is 59.1 Å². The van der Waals surface area contributed by atoms with Crippen molar-refractivity contribution in [1.29, 1.82) is 0 Å². The summed E-state index contributed by atoms with van der Waals surface area (Å²) in [5.41, 5.74) is 2.50. The van der Waals surface area contributed by atoms with Gasteiger partial charge in [0, 0.05) is 27.8 Å². The van der Waals surface area contributed by atoms with Crippen LogP contribution in [0.25, 0.3) is 0 Å². The molecule has 0 radical (unpaired) electrons. The molecule has 0 saturated carbocycles. The Bertz CT molecular complexity index is 947. The fourth-order valence-electron chi connectivity index (χ4n) is 2.60. The molecule has 0 heterocycles. The van der Waals surface area contributed by atoms with Crippen LogP contribution in [0.4, 0.5) is 10.1 Å². The van der Waals surface area contributed by atoms with E-state index in [9.17, 15) is 4.39 Å². The van der Waals surface area contributed by atoms with Gasteiger partial charge in [0.05, 0.1) is 11.6 Å². The number of nitrogens with one attached hydrogen (secondary N) is 1. The molecule has 146 valence electrons. The molecule has 3 aromatic rings. The highest BCUT2D eigenvalue weighted by molar-refractivity contribution is 9.10. The lowest BCUT2D eigenvalue weighted by Gasteiger charge is -2.16. The maximum absolute atomic E-state index is 13.0. The zero-order chi connectivity index (χ0) is 20.1. The summed E-state index contributed by atoms with van der Waals surface area (Å²) in [6.07, 6.45) is 0. The number of methoxy groups -OCH3 is 1. The highest BCUT2D eigenvalue weighted by Crippen LogP contribution is 2.38. The SMILES string of the molecule is COc1cc(CNc2ccc(F)cc2)cc(Br)c1OCc1c(Cl)cccc1Cl. The molecule has 3 nitrogen and oxygen atoms in total. The summed E-state index contributed by atoms with van der Waals surface area (Å²) in [5.74, 6) is 0.868. The van der Waals surface area contributed by atoms with Crippen LogP contribution in [0.2, 0.25) is 10.0 Å². The van der Waals surface area contributed by atoms with Gasteiger partial charge < -0.3 is 14.8 Å². The van der Waals surface area contributed by atoms with Crippen LogP contribution in [-0.2, 0) is 13.2 Å². The predicted octanol–water partition coefficient (Wildman–Crippen LogP) is 7.09. The number of rotatable bonds is 7. The van der Waals surface area contributed by atoms with Gasteiger partial charge in [0.1, 0.15) is 12.4 Å². The van der Waals surface area contributed by atoms with Crippen LogP contribution in [0.3, 0.4) is 0 Å². The van der Waals surface area contributed by atoms with Gasteiger partial charge >= 0.3 is 0 Å². The van der Waals surface area contributed by atoms with Gasteiger partial charge in [-0.2, -0.15) is 0 Å². The average molecular weight is 485 g/mol. The first-order valence-electron chi connectivity index (χ1n) is 8.39. The van der Waals surface area contributed by atoms with Gasteiger partial charge in [0.25, 0.3) is 0 Å². The smallest absolute Gasteiger partial charge is 0.175 e.